The number of hydrogen-bond acceptors (Lipinski definition) is 4. The van der Waals surface area contributed by atoms with Gasteiger partial charge in [0.2, 0.25) is 0 Å². The van der Waals surface area contributed by atoms with Gasteiger partial charge in [-0.1, -0.05) is 32.0 Å². The number of para-hydroxylation sites is 1. The van der Waals surface area contributed by atoms with Gasteiger partial charge in [-0.2, -0.15) is 0 Å². The maximum atomic E-state index is 6.24. The Labute approximate surface area is 203 Å². The van der Waals surface area contributed by atoms with Crippen LogP contribution in [0, 0.1) is 5.92 Å². The summed E-state index contributed by atoms with van der Waals surface area (Å²) in [5, 5.41) is 3.36. The molecule has 7 heteroatoms. The molecular formula is C24H35IN4O2. The standard InChI is InChI=1S/C24H34N4O2.HI/c1-5-18-8-7-9-19(6-2)23(18)27-24(25)26-15-17-10-11-28(16-17)20-12-21(29-3)14-22(13-20)30-4;/h7-9,12-14,17H,5-6,10-11,15-16H2,1-4H3,(H3,25,26,27);1H. The fraction of sp³-hybridized carbons (Fsp3) is 0.458. The molecule has 0 aromatic heterocycles. The van der Waals surface area contributed by atoms with E-state index in [1.165, 1.54) is 11.1 Å². The van der Waals surface area contributed by atoms with Crippen LogP contribution in [-0.4, -0.2) is 39.8 Å². The molecule has 3 rings (SSSR count). The van der Waals surface area contributed by atoms with Crippen molar-refractivity contribution in [3.8, 4) is 11.5 Å². The Hall–Kier alpha value is -2.16. The van der Waals surface area contributed by atoms with Crippen LogP contribution in [0.4, 0.5) is 11.4 Å². The quantitative estimate of drug-likeness (QED) is 0.290. The number of anilines is 2. The number of benzene rings is 2. The SMILES string of the molecule is CCc1cccc(CC)c1NC(N)=NCC1CCN(c2cc(OC)cc(OC)c2)C1.I. The maximum absolute atomic E-state index is 6.24. The molecule has 2 aromatic rings. The first-order valence-electron chi connectivity index (χ1n) is 10.7. The number of hydrogen-bond donors (Lipinski definition) is 2. The second kappa shape index (κ2) is 12.0. The topological polar surface area (TPSA) is 72.1 Å². The van der Waals surface area contributed by atoms with Crippen molar-refractivity contribution in [2.24, 2.45) is 16.6 Å². The van der Waals surface area contributed by atoms with Gasteiger partial charge in [0.1, 0.15) is 11.5 Å². The predicted molar refractivity (Wildman–Crippen MR) is 141 cm³/mol. The number of rotatable bonds is 8. The van der Waals surface area contributed by atoms with Crippen LogP contribution < -0.4 is 25.4 Å². The number of nitrogens with zero attached hydrogens (tertiary/aromatic N) is 2. The van der Waals surface area contributed by atoms with Gasteiger partial charge >= 0.3 is 0 Å². The molecule has 1 unspecified atom stereocenters. The van der Waals surface area contributed by atoms with Gasteiger partial charge in [-0.3, -0.25) is 4.99 Å². The highest BCUT2D eigenvalue weighted by atomic mass is 127. The molecule has 31 heavy (non-hydrogen) atoms. The number of aliphatic imine (C=N–C) groups is 1. The maximum Gasteiger partial charge on any atom is 0.193 e. The van der Waals surface area contributed by atoms with Gasteiger partial charge in [0.25, 0.3) is 0 Å². The largest absolute Gasteiger partial charge is 0.497 e. The third-order valence-electron chi connectivity index (χ3n) is 5.76. The zero-order valence-corrected chi connectivity index (χ0v) is 21.3. The number of aryl methyl sites for hydroxylation is 2. The zero-order chi connectivity index (χ0) is 21.5. The van der Waals surface area contributed by atoms with E-state index in [0.717, 1.165) is 55.2 Å². The van der Waals surface area contributed by atoms with Gasteiger partial charge in [0, 0.05) is 49.2 Å². The molecule has 1 heterocycles. The lowest BCUT2D eigenvalue weighted by Crippen LogP contribution is -2.26. The summed E-state index contributed by atoms with van der Waals surface area (Å²) in [4.78, 5) is 7.01. The van der Waals surface area contributed by atoms with Crippen molar-refractivity contribution in [2.45, 2.75) is 33.1 Å². The summed E-state index contributed by atoms with van der Waals surface area (Å²) in [7, 11) is 3.35. The average Bonchev–Trinajstić information content (AvgIpc) is 3.26. The van der Waals surface area contributed by atoms with Gasteiger partial charge in [-0.15, -0.1) is 24.0 Å². The molecule has 1 saturated heterocycles. The Morgan fingerprint density at radius 3 is 2.26 bits per heavy atom. The van der Waals surface area contributed by atoms with Gasteiger partial charge in [-0.05, 0) is 36.3 Å². The van der Waals surface area contributed by atoms with E-state index in [4.69, 9.17) is 15.2 Å². The minimum Gasteiger partial charge on any atom is -0.497 e. The van der Waals surface area contributed by atoms with E-state index in [9.17, 15) is 0 Å². The smallest absolute Gasteiger partial charge is 0.193 e. The first-order valence-corrected chi connectivity index (χ1v) is 10.7. The van der Waals surface area contributed by atoms with Crippen LogP contribution in [0.25, 0.3) is 0 Å². The zero-order valence-electron chi connectivity index (χ0n) is 19.0. The fourth-order valence-electron chi connectivity index (χ4n) is 3.99. The second-order valence-electron chi connectivity index (χ2n) is 7.68. The Balaban J connectivity index is 0.00000341. The first-order chi connectivity index (χ1) is 14.6. The van der Waals surface area contributed by atoms with Crippen molar-refractivity contribution in [1.29, 1.82) is 0 Å². The fourth-order valence-corrected chi connectivity index (χ4v) is 3.99. The molecule has 6 nitrogen and oxygen atoms in total. The van der Waals surface area contributed by atoms with E-state index < -0.39 is 0 Å². The molecule has 1 atom stereocenters. The van der Waals surface area contributed by atoms with Crippen LogP contribution in [0.5, 0.6) is 11.5 Å². The van der Waals surface area contributed by atoms with E-state index in [-0.39, 0.29) is 24.0 Å². The van der Waals surface area contributed by atoms with Crippen LogP contribution in [0.1, 0.15) is 31.4 Å². The van der Waals surface area contributed by atoms with Crippen LogP contribution in [0.15, 0.2) is 41.4 Å². The summed E-state index contributed by atoms with van der Waals surface area (Å²) >= 11 is 0. The third-order valence-corrected chi connectivity index (χ3v) is 5.76. The molecule has 1 aliphatic rings. The summed E-state index contributed by atoms with van der Waals surface area (Å²) in [5.41, 5.74) is 11.0. The van der Waals surface area contributed by atoms with Crippen molar-refractivity contribution < 1.29 is 9.47 Å². The normalized spacial score (nSPS) is 16.1. The summed E-state index contributed by atoms with van der Waals surface area (Å²) in [6, 6.07) is 12.4. The highest BCUT2D eigenvalue weighted by Crippen LogP contribution is 2.31. The predicted octanol–water partition coefficient (Wildman–Crippen LogP) is 4.70. The number of ether oxygens (including phenoxy) is 2. The molecule has 1 fully saturated rings. The first kappa shape index (κ1) is 25.1. The summed E-state index contributed by atoms with van der Waals surface area (Å²) in [6.45, 7) is 6.97. The second-order valence-corrected chi connectivity index (χ2v) is 7.68. The van der Waals surface area contributed by atoms with Crippen LogP contribution >= 0.6 is 24.0 Å². The number of nitrogens with two attached hydrogens (primary N) is 1. The van der Waals surface area contributed by atoms with Gasteiger partial charge in [0.15, 0.2) is 5.96 Å². The molecule has 0 saturated carbocycles. The molecule has 2 aromatic carbocycles. The Kier molecular flexibility index (Phi) is 9.74. The molecule has 0 amide bonds. The molecule has 0 aliphatic carbocycles. The third kappa shape index (κ3) is 6.41. The monoisotopic (exact) mass is 538 g/mol. The number of nitrogens with one attached hydrogen (secondary N) is 1. The molecule has 0 radical (unpaired) electrons. The van der Waals surface area contributed by atoms with Crippen molar-refractivity contribution in [2.75, 3.05) is 44.1 Å². The van der Waals surface area contributed by atoms with Crippen LogP contribution in [-0.2, 0) is 12.8 Å². The lowest BCUT2D eigenvalue weighted by Gasteiger charge is -2.20. The number of halogens is 1. The summed E-state index contributed by atoms with van der Waals surface area (Å²) < 4.78 is 10.8. The van der Waals surface area contributed by atoms with Crippen molar-refractivity contribution in [3.05, 3.63) is 47.5 Å². The van der Waals surface area contributed by atoms with Gasteiger partial charge in [-0.25, -0.2) is 0 Å². The van der Waals surface area contributed by atoms with E-state index in [0.29, 0.717) is 18.4 Å². The molecule has 0 spiro atoms. The lowest BCUT2D eigenvalue weighted by molar-refractivity contribution is 0.394. The van der Waals surface area contributed by atoms with E-state index >= 15 is 0 Å². The minimum atomic E-state index is 0. The highest BCUT2D eigenvalue weighted by molar-refractivity contribution is 14.0. The van der Waals surface area contributed by atoms with Crippen molar-refractivity contribution >= 4 is 41.3 Å². The molecule has 1 aliphatic heterocycles. The summed E-state index contributed by atoms with van der Waals surface area (Å²) in [5.74, 6) is 2.57. The van der Waals surface area contributed by atoms with Gasteiger partial charge < -0.3 is 25.4 Å². The Morgan fingerprint density at radius 1 is 1.10 bits per heavy atom. The lowest BCUT2D eigenvalue weighted by atomic mass is 10.0. The van der Waals surface area contributed by atoms with Gasteiger partial charge in [0.05, 0.1) is 14.2 Å². The molecule has 3 N–H and O–H groups in total. The van der Waals surface area contributed by atoms with Crippen LogP contribution in [0.3, 0.4) is 0 Å². The Bertz CT molecular complexity index is 843. The molecule has 170 valence electrons. The highest BCUT2D eigenvalue weighted by Gasteiger charge is 2.23. The Morgan fingerprint density at radius 2 is 1.71 bits per heavy atom. The number of guanidine groups is 1. The molecule has 0 bridgehead atoms. The van der Waals surface area contributed by atoms with E-state index in [1.807, 2.05) is 6.07 Å². The minimum absolute atomic E-state index is 0. The van der Waals surface area contributed by atoms with E-state index in [2.05, 4.69) is 59.4 Å². The molecular weight excluding hydrogens is 503 g/mol. The van der Waals surface area contributed by atoms with E-state index in [1.54, 1.807) is 14.2 Å². The van der Waals surface area contributed by atoms with Crippen LogP contribution in [0.2, 0.25) is 0 Å². The summed E-state index contributed by atoms with van der Waals surface area (Å²) in [6.07, 6.45) is 3.01. The van der Waals surface area contributed by atoms with Crippen molar-refractivity contribution in [1.82, 2.24) is 0 Å². The average molecular weight is 538 g/mol. The number of methoxy groups -OCH3 is 2. The van der Waals surface area contributed by atoms with Crippen molar-refractivity contribution in [3.63, 3.8) is 0 Å².